The number of H-pyrrole nitrogens is 1. The Balaban J connectivity index is 2.77. The van der Waals surface area contributed by atoms with Crippen LogP contribution in [-0.4, -0.2) is 25.5 Å². The van der Waals surface area contributed by atoms with Gasteiger partial charge in [0.1, 0.15) is 0 Å². The van der Waals surface area contributed by atoms with Crippen LogP contribution in [0.25, 0.3) is 0 Å². The fourth-order valence-electron chi connectivity index (χ4n) is 1.15. The molecule has 0 radical (unpaired) electrons. The molecule has 0 amide bonds. The van der Waals surface area contributed by atoms with Crippen LogP contribution >= 0.6 is 7.60 Å². The monoisotopic (exact) mass is 260 g/mol. The molecule has 0 bridgehead atoms. The summed E-state index contributed by atoms with van der Waals surface area (Å²) < 4.78 is 11.8. The topological polar surface area (TPSA) is 112 Å². The van der Waals surface area contributed by atoms with Gasteiger partial charge in [0.2, 0.25) is 0 Å². The number of rotatable bonds is 4. The highest BCUT2D eigenvalue weighted by atomic mass is 31.2. The average molecular weight is 260 g/mol. The van der Waals surface area contributed by atoms with Gasteiger partial charge in [0.25, 0.3) is 5.56 Å². The van der Waals surface area contributed by atoms with Gasteiger partial charge in [-0.25, -0.2) is 4.79 Å². The molecule has 1 heterocycles. The van der Waals surface area contributed by atoms with Crippen molar-refractivity contribution in [2.24, 2.45) is 0 Å². The third kappa shape index (κ3) is 4.52. The van der Waals surface area contributed by atoms with Gasteiger partial charge in [-0.1, -0.05) is 12.2 Å². The Morgan fingerprint density at radius 3 is 2.65 bits per heavy atom. The maximum atomic E-state index is 11.3. The standard InChI is InChI=1S/C9H13N2O5P/c1-7-6-11(9(13)10-8(7)12)4-2-3-5-17(14,15)16/h2-3,6H,4-5H2,1H3,(H,10,12,13)(H2,14,15,16)/b3-2-. The van der Waals surface area contributed by atoms with E-state index in [4.69, 9.17) is 9.79 Å². The smallest absolute Gasteiger partial charge is 0.324 e. The summed E-state index contributed by atoms with van der Waals surface area (Å²) in [6.45, 7) is 1.71. The van der Waals surface area contributed by atoms with Gasteiger partial charge in [-0.3, -0.25) is 18.9 Å². The summed E-state index contributed by atoms with van der Waals surface area (Å²) >= 11 is 0. The van der Waals surface area contributed by atoms with Gasteiger partial charge in [0.15, 0.2) is 0 Å². The molecule has 0 aliphatic heterocycles. The van der Waals surface area contributed by atoms with Crippen molar-refractivity contribution in [1.82, 2.24) is 9.55 Å². The molecule has 0 aliphatic carbocycles. The van der Waals surface area contributed by atoms with Gasteiger partial charge < -0.3 is 9.79 Å². The fraction of sp³-hybridized carbons (Fsp3) is 0.333. The van der Waals surface area contributed by atoms with Crippen molar-refractivity contribution in [2.45, 2.75) is 13.5 Å². The molecule has 0 fully saturated rings. The first-order valence-corrected chi connectivity index (χ1v) is 6.59. The van der Waals surface area contributed by atoms with Crippen molar-refractivity contribution in [3.05, 3.63) is 44.8 Å². The molecule has 7 nitrogen and oxygen atoms in total. The minimum absolute atomic E-state index is 0.149. The molecule has 0 atom stereocenters. The first-order valence-electron chi connectivity index (χ1n) is 4.79. The fourth-order valence-corrected chi connectivity index (χ4v) is 1.58. The highest BCUT2D eigenvalue weighted by molar-refractivity contribution is 7.51. The maximum Gasteiger partial charge on any atom is 0.329 e. The van der Waals surface area contributed by atoms with Crippen molar-refractivity contribution < 1.29 is 14.4 Å². The summed E-state index contributed by atoms with van der Waals surface area (Å²) in [7, 11) is -4.05. The van der Waals surface area contributed by atoms with Gasteiger partial charge in [-0.2, -0.15) is 0 Å². The van der Waals surface area contributed by atoms with Crippen LogP contribution in [0.4, 0.5) is 0 Å². The second-order valence-electron chi connectivity index (χ2n) is 3.54. The number of aromatic nitrogens is 2. The predicted molar refractivity (Wildman–Crippen MR) is 62.1 cm³/mol. The van der Waals surface area contributed by atoms with Crippen LogP contribution in [0.1, 0.15) is 5.56 Å². The maximum absolute atomic E-state index is 11.3. The summed E-state index contributed by atoms with van der Waals surface area (Å²) in [5.41, 5.74) is -0.597. The summed E-state index contributed by atoms with van der Waals surface area (Å²) in [6.07, 6.45) is 3.78. The SMILES string of the molecule is Cc1cn(C/C=C\CP(=O)(O)O)c(=O)[nH]c1=O. The van der Waals surface area contributed by atoms with Crippen LogP contribution in [0, 0.1) is 6.92 Å². The zero-order valence-corrected chi connectivity index (χ0v) is 10.1. The number of hydrogen-bond acceptors (Lipinski definition) is 3. The van der Waals surface area contributed by atoms with E-state index in [9.17, 15) is 14.2 Å². The lowest BCUT2D eigenvalue weighted by molar-refractivity contribution is 0.377. The molecular formula is C9H13N2O5P. The third-order valence-electron chi connectivity index (χ3n) is 2.00. The zero-order chi connectivity index (χ0) is 13.1. The molecule has 1 aromatic rings. The minimum Gasteiger partial charge on any atom is -0.324 e. The summed E-state index contributed by atoms with van der Waals surface area (Å²) in [5, 5.41) is 0. The van der Waals surface area contributed by atoms with E-state index >= 15 is 0 Å². The molecule has 8 heteroatoms. The van der Waals surface area contributed by atoms with Gasteiger partial charge >= 0.3 is 13.3 Å². The lowest BCUT2D eigenvalue weighted by Gasteiger charge is -2.02. The Kier molecular flexibility index (Phi) is 4.22. The van der Waals surface area contributed by atoms with E-state index in [2.05, 4.69) is 4.98 Å². The molecule has 17 heavy (non-hydrogen) atoms. The molecule has 94 valence electrons. The van der Waals surface area contributed by atoms with E-state index in [0.29, 0.717) is 5.56 Å². The van der Waals surface area contributed by atoms with Crippen molar-refractivity contribution in [3.8, 4) is 0 Å². The second kappa shape index (κ2) is 5.27. The first-order chi connectivity index (χ1) is 7.79. The van der Waals surface area contributed by atoms with Gasteiger partial charge in [0, 0.05) is 18.3 Å². The van der Waals surface area contributed by atoms with Gasteiger partial charge in [0.05, 0.1) is 6.16 Å². The van der Waals surface area contributed by atoms with Crippen LogP contribution in [0.5, 0.6) is 0 Å². The Labute approximate surface area is 96.6 Å². The lowest BCUT2D eigenvalue weighted by Crippen LogP contribution is -2.30. The highest BCUT2D eigenvalue weighted by Crippen LogP contribution is 2.33. The Hall–Kier alpha value is -1.43. The number of hydrogen-bond donors (Lipinski definition) is 3. The molecule has 0 spiro atoms. The number of aryl methyl sites for hydroxylation is 1. The highest BCUT2D eigenvalue weighted by Gasteiger charge is 2.08. The average Bonchev–Trinajstić information content (AvgIpc) is 2.18. The molecule has 0 aromatic carbocycles. The van der Waals surface area contributed by atoms with E-state index in [-0.39, 0.29) is 12.7 Å². The van der Waals surface area contributed by atoms with Crippen molar-refractivity contribution in [3.63, 3.8) is 0 Å². The lowest BCUT2D eigenvalue weighted by atomic mass is 10.4. The molecule has 0 saturated heterocycles. The van der Waals surface area contributed by atoms with Crippen LogP contribution in [-0.2, 0) is 11.1 Å². The van der Waals surface area contributed by atoms with Crippen molar-refractivity contribution in [1.29, 1.82) is 0 Å². The van der Waals surface area contributed by atoms with Crippen LogP contribution in [0.15, 0.2) is 27.9 Å². The first kappa shape index (κ1) is 13.6. The number of allylic oxidation sites excluding steroid dienone is 2. The molecule has 0 unspecified atom stereocenters. The Morgan fingerprint density at radius 1 is 1.41 bits per heavy atom. The largest absolute Gasteiger partial charge is 0.329 e. The summed E-state index contributed by atoms with van der Waals surface area (Å²) in [6, 6.07) is 0. The summed E-state index contributed by atoms with van der Waals surface area (Å²) in [4.78, 5) is 41.7. The number of nitrogens with one attached hydrogen (secondary N) is 1. The predicted octanol–water partition coefficient (Wildman–Crippen LogP) is -0.421. The van der Waals surface area contributed by atoms with E-state index < -0.39 is 18.8 Å². The second-order valence-corrected chi connectivity index (χ2v) is 5.24. The Morgan fingerprint density at radius 2 is 2.06 bits per heavy atom. The van der Waals surface area contributed by atoms with Gasteiger partial charge in [-0.15, -0.1) is 0 Å². The minimum atomic E-state index is -4.05. The Bertz CT molecular complexity index is 580. The summed E-state index contributed by atoms with van der Waals surface area (Å²) in [5.74, 6) is 0. The number of aromatic amines is 1. The van der Waals surface area contributed by atoms with Crippen molar-refractivity contribution in [2.75, 3.05) is 6.16 Å². The van der Waals surface area contributed by atoms with E-state index in [1.54, 1.807) is 6.92 Å². The van der Waals surface area contributed by atoms with E-state index in [1.807, 2.05) is 0 Å². The normalized spacial score (nSPS) is 12.2. The van der Waals surface area contributed by atoms with Crippen LogP contribution in [0.3, 0.4) is 0 Å². The molecular weight excluding hydrogens is 247 g/mol. The molecule has 3 N–H and O–H groups in total. The molecule has 1 aromatic heterocycles. The molecule has 0 aliphatic rings. The van der Waals surface area contributed by atoms with Gasteiger partial charge in [-0.05, 0) is 6.92 Å². The zero-order valence-electron chi connectivity index (χ0n) is 9.16. The quantitative estimate of drug-likeness (QED) is 0.502. The van der Waals surface area contributed by atoms with E-state index in [1.165, 1.54) is 22.9 Å². The number of nitrogens with zero attached hydrogens (tertiary/aromatic N) is 1. The molecule has 0 saturated carbocycles. The van der Waals surface area contributed by atoms with E-state index in [0.717, 1.165) is 0 Å². The van der Waals surface area contributed by atoms with Crippen LogP contribution in [0.2, 0.25) is 0 Å². The third-order valence-corrected chi connectivity index (χ3v) is 2.69. The van der Waals surface area contributed by atoms with Crippen LogP contribution < -0.4 is 11.2 Å². The molecule has 1 rings (SSSR count). The van der Waals surface area contributed by atoms with Crippen molar-refractivity contribution >= 4 is 7.60 Å².